The van der Waals surface area contributed by atoms with Crippen molar-refractivity contribution in [3.63, 3.8) is 0 Å². The van der Waals surface area contributed by atoms with Crippen molar-refractivity contribution in [3.8, 4) is 16.3 Å². The average Bonchev–Trinajstić information content (AvgIpc) is 3.29. The van der Waals surface area contributed by atoms with Crippen molar-refractivity contribution < 1.29 is 14.3 Å². The number of hydrogen-bond acceptors (Lipinski definition) is 6. The van der Waals surface area contributed by atoms with Crippen molar-refractivity contribution in [3.05, 3.63) is 52.2 Å². The van der Waals surface area contributed by atoms with Crippen molar-refractivity contribution in [1.82, 2.24) is 10.3 Å². The van der Waals surface area contributed by atoms with E-state index in [1.165, 1.54) is 16.2 Å². The highest BCUT2D eigenvalue weighted by Gasteiger charge is 2.14. The number of aryl methyl sites for hydroxylation is 1. The summed E-state index contributed by atoms with van der Waals surface area (Å²) in [6, 6.07) is 11.0. The lowest BCUT2D eigenvalue weighted by atomic mass is 10.2. The molecular weight excluding hydrogens is 382 g/mol. The summed E-state index contributed by atoms with van der Waals surface area (Å²) in [4.78, 5) is 31.1. The number of amides is 2. The van der Waals surface area contributed by atoms with Crippen molar-refractivity contribution in [2.75, 3.05) is 18.5 Å². The summed E-state index contributed by atoms with van der Waals surface area (Å²) in [6.07, 6.45) is 0. The summed E-state index contributed by atoms with van der Waals surface area (Å²) in [5, 5.41) is 7.73. The molecule has 2 amide bonds. The number of thiazole rings is 1. The van der Waals surface area contributed by atoms with Gasteiger partial charge in [-0.05, 0) is 38.1 Å². The first-order chi connectivity index (χ1) is 13.1. The number of aromatic nitrogens is 1. The molecule has 0 spiro atoms. The van der Waals surface area contributed by atoms with Gasteiger partial charge in [0.2, 0.25) is 5.91 Å². The Kier molecular flexibility index (Phi) is 6.20. The average molecular weight is 402 g/mol. The Hall–Kier alpha value is -2.71. The Balaban J connectivity index is 1.56. The van der Waals surface area contributed by atoms with Crippen molar-refractivity contribution >= 4 is 39.6 Å². The summed E-state index contributed by atoms with van der Waals surface area (Å²) >= 11 is 3.01. The largest absolute Gasteiger partial charge is 0.493 e. The van der Waals surface area contributed by atoms with E-state index in [0.717, 1.165) is 10.6 Å². The molecule has 0 fully saturated rings. The van der Waals surface area contributed by atoms with Crippen molar-refractivity contribution in [2.24, 2.45) is 0 Å². The second-order valence-electron chi connectivity index (χ2n) is 5.61. The van der Waals surface area contributed by atoms with Crippen LogP contribution in [0.3, 0.4) is 0 Å². The second kappa shape index (κ2) is 8.79. The molecule has 0 radical (unpaired) electrons. The Morgan fingerprint density at radius 1 is 1.19 bits per heavy atom. The molecule has 0 aliphatic heterocycles. The molecule has 2 aromatic heterocycles. The van der Waals surface area contributed by atoms with Gasteiger partial charge in [-0.25, -0.2) is 4.98 Å². The minimum atomic E-state index is -0.358. The first-order valence-electron chi connectivity index (χ1n) is 8.39. The lowest BCUT2D eigenvalue weighted by Crippen LogP contribution is -2.33. The Morgan fingerprint density at radius 3 is 2.74 bits per heavy atom. The SMILES string of the molecule is CCOc1ccccc1C(=O)NCC(=O)Nc1nc(-c2ccc(C)s2)cs1. The Bertz CT molecular complexity index is 949. The third-order valence-electron chi connectivity index (χ3n) is 3.58. The van der Waals surface area contributed by atoms with Gasteiger partial charge < -0.3 is 15.4 Å². The molecule has 8 heteroatoms. The van der Waals surface area contributed by atoms with Crippen molar-refractivity contribution in [1.29, 1.82) is 0 Å². The van der Waals surface area contributed by atoms with Gasteiger partial charge >= 0.3 is 0 Å². The lowest BCUT2D eigenvalue weighted by Gasteiger charge is -2.10. The van der Waals surface area contributed by atoms with Gasteiger partial charge in [0.15, 0.2) is 5.13 Å². The number of ether oxygens (including phenoxy) is 1. The maximum atomic E-state index is 12.3. The molecule has 0 saturated heterocycles. The summed E-state index contributed by atoms with van der Waals surface area (Å²) in [5.41, 5.74) is 1.24. The van der Waals surface area contributed by atoms with Gasteiger partial charge in [0.05, 0.1) is 29.3 Å². The van der Waals surface area contributed by atoms with Gasteiger partial charge in [-0.3, -0.25) is 9.59 Å². The quantitative estimate of drug-likeness (QED) is 0.628. The number of hydrogen-bond donors (Lipinski definition) is 2. The fraction of sp³-hybridized carbons (Fsp3) is 0.211. The maximum Gasteiger partial charge on any atom is 0.255 e. The number of nitrogens with zero attached hydrogens (tertiary/aromatic N) is 1. The molecule has 2 heterocycles. The monoisotopic (exact) mass is 401 g/mol. The molecule has 0 aliphatic rings. The van der Waals surface area contributed by atoms with E-state index in [2.05, 4.69) is 15.6 Å². The summed E-state index contributed by atoms with van der Waals surface area (Å²) < 4.78 is 5.44. The van der Waals surface area contributed by atoms with E-state index in [-0.39, 0.29) is 18.4 Å². The normalized spacial score (nSPS) is 10.4. The van der Waals surface area contributed by atoms with Crippen LogP contribution in [0.15, 0.2) is 41.8 Å². The number of thiophene rings is 1. The zero-order valence-corrected chi connectivity index (χ0v) is 16.6. The van der Waals surface area contributed by atoms with E-state index in [9.17, 15) is 9.59 Å². The minimum absolute atomic E-state index is 0.147. The first kappa shape index (κ1) is 19.1. The lowest BCUT2D eigenvalue weighted by molar-refractivity contribution is -0.115. The van der Waals surface area contributed by atoms with Crippen LogP contribution in [0.4, 0.5) is 5.13 Å². The van der Waals surface area contributed by atoms with Crippen molar-refractivity contribution in [2.45, 2.75) is 13.8 Å². The van der Waals surface area contributed by atoms with E-state index >= 15 is 0 Å². The van der Waals surface area contributed by atoms with Gasteiger partial charge in [0, 0.05) is 10.3 Å². The molecule has 0 atom stereocenters. The van der Waals surface area contributed by atoms with Crippen LogP contribution in [0.25, 0.3) is 10.6 Å². The van der Waals surface area contributed by atoms with Crippen LogP contribution in [0.5, 0.6) is 5.75 Å². The smallest absolute Gasteiger partial charge is 0.255 e. The predicted molar refractivity (Wildman–Crippen MR) is 109 cm³/mol. The second-order valence-corrected chi connectivity index (χ2v) is 7.75. The van der Waals surface area contributed by atoms with Crippen LogP contribution in [0.1, 0.15) is 22.2 Å². The molecule has 3 aromatic rings. The van der Waals surface area contributed by atoms with E-state index in [1.54, 1.807) is 35.6 Å². The zero-order valence-electron chi connectivity index (χ0n) is 14.9. The molecule has 2 N–H and O–H groups in total. The topological polar surface area (TPSA) is 80.3 Å². The third-order valence-corrected chi connectivity index (χ3v) is 5.37. The predicted octanol–water partition coefficient (Wildman–Crippen LogP) is 3.95. The minimum Gasteiger partial charge on any atom is -0.493 e. The van der Waals surface area contributed by atoms with E-state index < -0.39 is 0 Å². The van der Waals surface area contributed by atoms with Crippen LogP contribution < -0.4 is 15.4 Å². The van der Waals surface area contributed by atoms with E-state index in [0.29, 0.717) is 23.1 Å². The van der Waals surface area contributed by atoms with Crippen LogP contribution in [-0.2, 0) is 4.79 Å². The van der Waals surface area contributed by atoms with Crippen LogP contribution >= 0.6 is 22.7 Å². The highest BCUT2D eigenvalue weighted by molar-refractivity contribution is 7.17. The molecule has 0 unspecified atom stereocenters. The highest BCUT2D eigenvalue weighted by Crippen LogP contribution is 2.30. The summed E-state index contributed by atoms with van der Waals surface area (Å²) in [5.74, 6) is -0.197. The molecule has 0 bridgehead atoms. The van der Waals surface area contributed by atoms with Gasteiger partial charge in [0.25, 0.3) is 5.91 Å². The van der Waals surface area contributed by atoms with Crippen LogP contribution in [0, 0.1) is 6.92 Å². The molecule has 1 aromatic carbocycles. The maximum absolute atomic E-state index is 12.3. The Labute approximate surface area is 165 Å². The molecule has 6 nitrogen and oxygen atoms in total. The van der Waals surface area contributed by atoms with Gasteiger partial charge in [-0.15, -0.1) is 22.7 Å². The van der Waals surface area contributed by atoms with Crippen LogP contribution in [0.2, 0.25) is 0 Å². The number of carbonyl (C=O) groups is 2. The highest BCUT2D eigenvalue weighted by atomic mass is 32.1. The molecule has 0 saturated carbocycles. The summed E-state index contributed by atoms with van der Waals surface area (Å²) in [6.45, 7) is 4.20. The van der Waals surface area contributed by atoms with Crippen LogP contribution in [-0.4, -0.2) is 29.9 Å². The number of carbonyl (C=O) groups excluding carboxylic acids is 2. The fourth-order valence-electron chi connectivity index (χ4n) is 2.37. The number of benzene rings is 1. The molecule has 3 rings (SSSR count). The molecule has 140 valence electrons. The molecule has 0 aliphatic carbocycles. The molecular formula is C19H19N3O3S2. The number of nitrogens with one attached hydrogen (secondary N) is 2. The Morgan fingerprint density at radius 2 is 2.00 bits per heavy atom. The van der Waals surface area contributed by atoms with Gasteiger partial charge in [0.1, 0.15) is 5.75 Å². The van der Waals surface area contributed by atoms with Gasteiger partial charge in [-0.1, -0.05) is 12.1 Å². The number of para-hydroxylation sites is 1. The number of rotatable bonds is 7. The van der Waals surface area contributed by atoms with Gasteiger partial charge in [-0.2, -0.15) is 0 Å². The fourth-order valence-corrected chi connectivity index (χ4v) is 4.00. The first-order valence-corrected chi connectivity index (χ1v) is 10.1. The van der Waals surface area contributed by atoms with E-state index in [1.807, 2.05) is 31.4 Å². The summed E-state index contributed by atoms with van der Waals surface area (Å²) in [7, 11) is 0. The van der Waals surface area contributed by atoms with E-state index in [4.69, 9.17) is 4.74 Å². The number of anilines is 1. The standard InChI is InChI=1S/C19H19N3O3S2/c1-3-25-15-7-5-4-6-13(15)18(24)20-10-17(23)22-19-21-14(11-26-19)16-9-8-12(2)27-16/h4-9,11H,3,10H2,1-2H3,(H,20,24)(H,21,22,23). The third kappa shape index (κ3) is 4.93. The molecule has 27 heavy (non-hydrogen) atoms. The zero-order chi connectivity index (χ0) is 19.2.